The number of nitrogens with zero attached hydrogens (tertiary/aromatic N) is 1. The number of amides is 1. The molecule has 2 N–H and O–H groups in total. The molecule has 3 rings (SSSR count). The van der Waals surface area contributed by atoms with Gasteiger partial charge in [-0.05, 0) is 26.2 Å². The van der Waals surface area contributed by atoms with Gasteiger partial charge in [0.1, 0.15) is 5.01 Å². The van der Waals surface area contributed by atoms with Crippen LogP contribution in [-0.2, 0) is 15.1 Å². The molecule has 5 nitrogen and oxygen atoms in total. The van der Waals surface area contributed by atoms with Crippen LogP contribution in [-0.4, -0.2) is 22.0 Å². The molecule has 2 unspecified atom stereocenters. The Bertz CT molecular complexity index is 548. The minimum atomic E-state index is -0.865. The number of hydrogen-bond acceptors (Lipinski definition) is 4. The van der Waals surface area contributed by atoms with Gasteiger partial charge in [0.2, 0.25) is 5.91 Å². The normalized spacial score (nSPS) is 27.2. The Hall–Kier alpha value is -1.43. The average molecular weight is 294 g/mol. The van der Waals surface area contributed by atoms with Crippen molar-refractivity contribution >= 4 is 23.2 Å². The van der Waals surface area contributed by atoms with Crippen LogP contribution in [0.15, 0.2) is 5.38 Å². The van der Waals surface area contributed by atoms with E-state index in [4.69, 9.17) is 5.11 Å². The molecular weight excluding hydrogens is 276 g/mol. The van der Waals surface area contributed by atoms with Crippen molar-refractivity contribution in [1.82, 2.24) is 10.3 Å². The van der Waals surface area contributed by atoms with Crippen molar-refractivity contribution in [3.05, 3.63) is 16.1 Å². The largest absolute Gasteiger partial charge is 0.481 e. The van der Waals surface area contributed by atoms with Crippen LogP contribution >= 0.6 is 11.3 Å². The SMILES string of the molecule is Cc1csc(C2(NC(=O)C3CC3C(=O)O)CCCC2)n1. The number of carboxylic acid groups (broad SMARTS) is 1. The van der Waals surface area contributed by atoms with Gasteiger partial charge in [-0.1, -0.05) is 12.8 Å². The molecule has 0 bridgehead atoms. The lowest BCUT2D eigenvalue weighted by Crippen LogP contribution is -2.44. The number of aliphatic carboxylic acids is 1. The quantitative estimate of drug-likeness (QED) is 0.891. The van der Waals surface area contributed by atoms with Crippen molar-refractivity contribution in [1.29, 1.82) is 0 Å². The predicted molar refractivity (Wildman–Crippen MR) is 74.4 cm³/mol. The number of carbonyl (C=O) groups is 2. The molecule has 0 spiro atoms. The third-order valence-electron chi connectivity index (χ3n) is 4.29. The predicted octanol–water partition coefficient (Wildman–Crippen LogP) is 2.06. The summed E-state index contributed by atoms with van der Waals surface area (Å²) in [5, 5.41) is 15.0. The van der Waals surface area contributed by atoms with E-state index in [1.807, 2.05) is 12.3 Å². The number of carboxylic acids is 1. The number of nitrogens with one attached hydrogen (secondary N) is 1. The van der Waals surface area contributed by atoms with E-state index in [0.29, 0.717) is 6.42 Å². The van der Waals surface area contributed by atoms with Crippen molar-refractivity contribution in [3.8, 4) is 0 Å². The number of aromatic nitrogens is 1. The molecule has 2 saturated carbocycles. The van der Waals surface area contributed by atoms with Gasteiger partial charge in [-0.15, -0.1) is 11.3 Å². The van der Waals surface area contributed by atoms with Gasteiger partial charge in [-0.2, -0.15) is 0 Å². The van der Waals surface area contributed by atoms with E-state index in [-0.39, 0.29) is 17.4 Å². The van der Waals surface area contributed by atoms with Gasteiger partial charge >= 0.3 is 5.97 Å². The molecule has 2 fully saturated rings. The average Bonchev–Trinajstić information content (AvgIpc) is 2.89. The molecule has 1 amide bonds. The van der Waals surface area contributed by atoms with Crippen molar-refractivity contribution in [3.63, 3.8) is 0 Å². The highest BCUT2D eigenvalue weighted by molar-refractivity contribution is 7.09. The van der Waals surface area contributed by atoms with Crippen LogP contribution in [0.1, 0.15) is 42.8 Å². The smallest absolute Gasteiger partial charge is 0.307 e. The highest BCUT2D eigenvalue weighted by Gasteiger charge is 2.51. The summed E-state index contributed by atoms with van der Waals surface area (Å²) in [5.74, 6) is -1.83. The van der Waals surface area contributed by atoms with Gasteiger partial charge in [0.25, 0.3) is 0 Å². The second-order valence-electron chi connectivity index (χ2n) is 5.86. The summed E-state index contributed by atoms with van der Waals surface area (Å²) in [4.78, 5) is 27.7. The molecule has 0 aromatic carbocycles. The van der Waals surface area contributed by atoms with Gasteiger partial charge in [-0.3, -0.25) is 9.59 Å². The molecule has 0 aliphatic heterocycles. The molecule has 2 atom stereocenters. The van der Waals surface area contributed by atoms with Crippen LogP contribution in [0.5, 0.6) is 0 Å². The number of hydrogen-bond donors (Lipinski definition) is 2. The molecule has 0 radical (unpaired) electrons. The van der Waals surface area contributed by atoms with E-state index in [0.717, 1.165) is 36.4 Å². The molecule has 1 aromatic heterocycles. The Balaban J connectivity index is 1.75. The molecular formula is C14H18N2O3S. The molecule has 1 aromatic rings. The van der Waals surface area contributed by atoms with Crippen LogP contribution < -0.4 is 5.32 Å². The summed E-state index contributed by atoms with van der Waals surface area (Å²) in [6, 6.07) is 0. The summed E-state index contributed by atoms with van der Waals surface area (Å²) in [7, 11) is 0. The van der Waals surface area contributed by atoms with E-state index >= 15 is 0 Å². The lowest BCUT2D eigenvalue weighted by Gasteiger charge is -2.28. The molecule has 2 aliphatic rings. The molecule has 20 heavy (non-hydrogen) atoms. The van der Waals surface area contributed by atoms with Crippen LogP contribution in [0, 0.1) is 18.8 Å². The standard InChI is InChI=1S/C14H18N2O3S/c1-8-7-20-13(15-8)14(4-2-3-5-14)16-11(17)9-6-10(9)12(18)19/h7,9-10H,2-6H2,1H3,(H,16,17)(H,18,19). The summed E-state index contributed by atoms with van der Waals surface area (Å²) < 4.78 is 0. The van der Waals surface area contributed by atoms with Crippen molar-refractivity contribution in [2.45, 2.75) is 44.6 Å². The van der Waals surface area contributed by atoms with Gasteiger partial charge < -0.3 is 10.4 Å². The van der Waals surface area contributed by atoms with Crippen LogP contribution in [0.2, 0.25) is 0 Å². The van der Waals surface area contributed by atoms with E-state index in [2.05, 4.69) is 10.3 Å². The highest BCUT2D eigenvalue weighted by Crippen LogP contribution is 2.43. The summed E-state index contributed by atoms with van der Waals surface area (Å²) in [6.45, 7) is 1.95. The molecule has 6 heteroatoms. The lowest BCUT2D eigenvalue weighted by atomic mass is 9.98. The van der Waals surface area contributed by atoms with Crippen molar-refractivity contribution in [2.75, 3.05) is 0 Å². The fourth-order valence-electron chi connectivity index (χ4n) is 3.03. The number of rotatable bonds is 4. The maximum Gasteiger partial charge on any atom is 0.307 e. The second-order valence-corrected chi connectivity index (χ2v) is 6.72. The van der Waals surface area contributed by atoms with E-state index in [1.165, 1.54) is 0 Å². The lowest BCUT2D eigenvalue weighted by molar-refractivity contribution is -0.140. The van der Waals surface area contributed by atoms with Crippen LogP contribution in [0.25, 0.3) is 0 Å². The first kappa shape index (κ1) is 13.5. The molecule has 1 heterocycles. The topological polar surface area (TPSA) is 79.3 Å². The van der Waals surface area contributed by atoms with E-state index in [1.54, 1.807) is 11.3 Å². The zero-order valence-corrected chi connectivity index (χ0v) is 12.2. The van der Waals surface area contributed by atoms with Gasteiger partial charge in [-0.25, -0.2) is 4.98 Å². The summed E-state index contributed by atoms with van der Waals surface area (Å²) in [6.07, 6.45) is 4.41. The Labute approximate surface area is 121 Å². The monoisotopic (exact) mass is 294 g/mol. The van der Waals surface area contributed by atoms with Crippen molar-refractivity contribution < 1.29 is 14.7 Å². The Morgan fingerprint density at radius 1 is 1.40 bits per heavy atom. The third-order valence-corrected chi connectivity index (χ3v) is 5.46. The third kappa shape index (κ3) is 2.32. The van der Waals surface area contributed by atoms with Crippen LogP contribution in [0.4, 0.5) is 0 Å². The Kier molecular flexibility index (Phi) is 3.28. The first-order chi connectivity index (χ1) is 9.52. The van der Waals surface area contributed by atoms with Crippen LogP contribution in [0.3, 0.4) is 0 Å². The van der Waals surface area contributed by atoms with E-state index in [9.17, 15) is 9.59 Å². The molecule has 108 valence electrons. The maximum atomic E-state index is 12.3. The maximum absolute atomic E-state index is 12.3. The highest BCUT2D eigenvalue weighted by atomic mass is 32.1. The van der Waals surface area contributed by atoms with Gasteiger partial charge in [0, 0.05) is 11.1 Å². The first-order valence-electron chi connectivity index (χ1n) is 6.99. The Morgan fingerprint density at radius 3 is 2.60 bits per heavy atom. The van der Waals surface area contributed by atoms with E-state index < -0.39 is 11.9 Å². The first-order valence-corrected chi connectivity index (χ1v) is 7.87. The summed E-state index contributed by atoms with van der Waals surface area (Å²) in [5.41, 5.74) is 0.613. The second kappa shape index (κ2) is 4.84. The van der Waals surface area contributed by atoms with Crippen molar-refractivity contribution in [2.24, 2.45) is 11.8 Å². The zero-order chi connectivity index (χ0) is 14.3. The molecule has 2 aliphatic carbocycles. The number of carbonyl (C=O) groups excluding carboxylic acids is 1. The fourth-order valence-corrected chi connectivity index (χ4v) is 4.04. The fraction of sp³-hybridized carbons (Fsp3) is 0.643. The van der Waals surface area contributed by atoms with Gasteiger partial charge in [0.15, 0.2) is 0 Å². The summed E-state index contributed by atoms with van der Waals surface area (Å²) >= 11 is 1.58. The van der Waals surface area contributed by atoms with Gasteiger partial charge in [0.05, 0.1) is 17.4 Å². The number of thiazole rings is 1. The molecule has 0 saturated heterocycles. The Morgan fingerprint density at radius 2 is 2.10 bits per heavy atom. The minimum Gasteiger partial charge on any atom is -0.481 e. The minimum absolute atomic E-state index is 0.118. The number of aryl methyl sites for hydroxylation is 1. The zero-order valence-electron chi connectivity index (χ0n) is 11.4.